The normalized spacial score (nSPS) is 17.3. The van der Waals surface area contributed by atoms with Gasteiger partial charge in [0.25, 0.3) is 21.6 Å². The van der Waals surface area contributed by atoms with E-state index in [4.69, 9.17) is 0 Å². The molecule has 1 fully saturated rings. The van der Waals surface area contributed by atoms with Gasteiger partial charge in [-0.3, -0.25) is 14.9 Å². The first-order valence-electron chi connectivity index (χ1n) is 9.62. The number of hydrogen-bond donors (Lipinski definition) is 2. The third-order valence-electron chi connectivity index (χ3n) is 5.21. The summed E-state index contributed by atoms with van der Waals surface area (Å²) < 4.78 is 68.2. The van der Waals surface area contributed by atoms with Gasteiger partial charge in [-0.15, -0.1) is 0 Å². The van der Waals surface area contributed by atoms with E-state index in [0.717, 1.165) is 18.2 Å². The van der Waals surface area contributed by atoms with E-state index in [-0.39, 0.29) is 11.3 Å². The average molecular weight is 471 g/mol. The molecule has 0 saturated heterocycles. The van der Waals surface area contributed by atoms with Crippen molar-refractivity contribution in [3.05, 3.63) is 64.2 Å². The van der Waals surface area contributed by atoms with Gasteiger partial charge in [-0.1, -0.05) is 18.2 Å². The SMILES string of the molecule is O=C(NS(=O)(=O)c1ccc(NCC2(F)CCC(F)(F)CC2)c([N+](=O)[O-])c1)c1ccccc1. The molecule has 2 aromatic carbocycles. The van der Waals surface area contributed by atoms with Crippen molar-refractivity contribution < 1.29 is 31.3 Å². The first-order valence-corrected chi connectivity index (χ1v) is 11.1. The number of nitro groups is 1. The second-order valence-electron chi connectivity index (χ2n) is 7.60. The lowest BCUT2D eigenvalue weighted by atomic mass is 9.84. The first kappa shape index (κ1) is 23.5. The number of nitro benzene ring substituents is 1. The van der Waals surface area contributed by atoms with E-state index in [1.165, 1.54) is 24.3 Å². The van der Waals surface area contributed by atoms with Crippen molar-refractivity contribution >= 4 is 27.3 Å². The summed E-state index contributed by atoms with van der Waals surface area (Å²) in [6, 6.07) is 10.3. The van der Waals surface area contributed by atoms with Crippen LogP contribution in [-0.2, 0) is 10.0 Å². The number of benzene rings is 2. The molecule has 2 aromatic rings. The second-order valence-corrected chi connectivity index (χ2v) is 9.28. The van der Waals surface area contributed by atoms with Gasteiger partial charge in [0.2, 0.25) is 5.92 Å². The number of carbonyl (C=O) groups excluding carboxylic acids is 1. The van der Waals surface area contributed by atoms with Crippen LogP contribution in [0.3, 0.4) is 0 Å². The van der Waals surface area contributed by atoms with E-state index in [0.29, 0.717) is 0 Å². The fourth-order valence-electron chi connectivity index (χ4n) is 3.30. The highest BCUT2D eigenvalue weighted by Crippen LogP contribution is 2.41. The van der Waals surface area contributed by atoms with Gasteiger partial charge >= 0.3 is 0 Å². The number of alkyl halides is 3. The number of hydrogen-bond acceptors (Lipinski definition) is 6. The number of halogens is 3. The lowest BCUT2D eigenvalue weighted by Crippen LogP contribution is -2.40. The standard InChI is InChI=1S/C20H20F3N3O5S/c21-19(8-10-20(22,23)11-9-19)13-24-16-7-6-15(12-17(16)26(28)29)32(30,31)25-18(27)14-4-2-1-3-5-14/h1-7,12,24H,8-11,13H2,(H,25,27). The Bertz CT molecular complexity index is 1120. The molecular formula is C20H20F3N3O5S. The maximum absolute atomic E-state index is 14.8. The molecule has 0 spiro atoms. The van der Waals surface area contributed by atoms with Gasteiger partial charge in [-0.05, 0) is 37.1 Å². The Balaban J connectivity index is 1.77. The van der Waals surface area contributed by atoms with Crippen LogP contribution in [0.1, 0.15) is 36.0 Å². The molecule has 8 nitrogen and oxygen atoms in total. The maximum atomic E-state index is 14.8. The topological polar surface area (TPSA) is 118 Å². The molecule has 0 bridgehead atoms. The van der Waals surface area contributed by atoms with Crippen LogP contribution in [0.25, 0.3) is 0 Å². The molecule has 0 heterocycles. The highest BCUT2D eigenvalue weighted by Gasteiger charge is 2.43. The molecule has 1 aliphatic carbocycles. The second kappa shape index (κ2) is 8.77. The summed E-state index contributed by atoms with van der Waals surface area (Å²) in [6.45, 7) is -0.444. The molecule has 0 aliphatic heterocycles. The minimum Gasteiger partial charge on any atom is -0.376 e. The Morgan fingerprint density at radius 3 is 2.25 bits per heavy atom. The number of carbonyl (C=O) groups is 1. The van der Waals surface area contributed by atoms with Crippen LogP contribution in [0, 0.1) is 10.1 Å². The fourth-order valence-corrected chi connectivity index (χ4v) is 4.30. The molecule has 32 heavy (non-hydrogen) atoms. The predicted molar refractivity (Wildman–Crippen MR) is 110 cm³/mol. The number of nitrogens with one attached hydrogen (secondary N) is 2. The molecule has 1 amide bonds. The fraction of sp³-hybridized carbons (Fsp3) is 0.350. The Hall–Kier alpha value is -3.15. The monoisotopic (exact) mass is 471 g/mol. The Morgan fingerprint density at radius 2 is 1.66 bits per heavy atom. The van der Waals surface area contributed by atoms with E-state index >= 15 is 0 Å². The zero-order chi connectivity index (χ0) is 23.6. The molecule has 0 aromatic heterocycles. The van der Waals surface area contributed by atoms with Crippen molar-refractivity contribution in [1.82, 2.24) is 4.72 Å². The van der Waals surface area contributed by atoms with E-state index in [1.54, 1.807) is 6.07 Å². The van der Waals surface area contributed by atoms with Crippen molar-refractivity contribution in [2.75, 3.05) is 11.9 Å². The van der Waals surface area contributed by atoms with Crippen LogP contribution >= 0.6 is 0 Å². The van der Waals surface area contributed by atoms with Crippen molar-refractivity contribution in [3.8, 4) is 0 Å². The van der Waals surface area contributed by atoms with E-state index in [9.17, 15) is 36.5 Å². The minimum absolute atomic E-state index is 0.0789. The summed E-state index contributed by atoms with van der Waals surface area (Å²) in [4.78, 5) is 22.2. The van der Waals surface area contributed by atoms with Crippen LogP contribution in [0.15, 0.2) is 53.4 Å². The summed E-state index contributed by atoms with van der Waals surface area (Å²) in [5, 5.41) is 14.0. The van der Waals surface area contributed by atoms with Crippen molar-refractivity contribution in [2.45, 2.75) is 42.2 Å². The molecule has 1 aliphatic rings. The molecule has 0 atom stereocenters. The van der Waals surface area contributed by atoms with E-state index < -0.39 is 75.3 Å². The van der Waals surface area contributed by atoms with Crippen LogP contribution in [-0.4, -0.2) is 37.4 Å². The Labute approximate surface area is 182 Å². The van der Waals surface area contributed by atoms with Crippen LogP contribution in [0.4, 0.5) is 24.5 Å². The van der Waals surface area contributed by atoms with Gasteiger partial charge in [0.15, 0.2) is 0 Å². The number of rotatable bonds is 7. The lowest BCUT2D eigenvalue weighted by Gasteiger charge is -2.34. The maximum Gasteiger partial charge on any atom is 0.293 e. The zero-order valence-electron chi connectivity index (χ0n) is 16.7. The summed E-state index contributed by atoms with van der Waals surface area (Å²) in [5.41, 5.74) is -2.72. The Morgan fingerprint density at radius 1 is 1.03 bits per heavy atom. The summed E-state index contributed by atoms with van der Waals surface area (Å²) >= 11 is 0. The largest absolute Gasteiger partial charge is 0.376 e. The van der Waals surface area contributed by atoms with E-state index in [1.807, 2.05) is 4.72 Å². The summed E-state index contributed by atoms with van der Waals surface area (Å²) in [7, 11) is -4.43. The number of anilines is 1. The highest BCUT2D eigenvalue weighted by molar-refractivity contribution is 7.90. The molecule has 3 rings (SSSR count). The summed E-state index contributed by atoms with van der Waals surface area (Å²) in [6.07, 6.45) is -2.05. The molecule has 0 unspecified atom stereocenters. The van der Waals surface area contributed by atoms with E-state index in [2.05, 4.69) is 5.32 Å². The molecule has 1 saturated carbocycles. The zero-order valence-corrected chi connectivity index (χ0v) is 17.5. The third kappa shape index (κ3) is 5.55. The van der Waals surface area contributed by atoms with Crippen LogP contribution in [0.2, 0.25) is 0 Å². The van der Waals surface area contributed by atoms with Gasteiger partial charge in [-0.25, -0.2) is 26.3 Å². The Kier molecular flexibility index (Phi) is 6.44. The quantitative estimate of drug-likeness (QED) is 0.465. The van der Waals surface area contributed by atoms with Crippen LogP contribution in [0.5, 0.6) is 0 Å². The third-order valence-corrected chi connectivity index (χ3v) is 6.54. The number of amides is 1. The van der Waals surface area contributed by atoms with Gasteiger partial charge in [-0.2, -0.15) is 0 Å². The van der Waals surface area contributed by atoms with Gasteiger partial charge in [0.05, 0.1) is 9.82 Å². The van der Waals surface area contributed by atoms with Gasteiger partial charge in [0.1, 0.15) is 11.4 Å². The lowest BCUT2D eigenvalue weighted by molar-refractivity contribution is -0.384. The van der Waals surface area contributed by atoms with Crippen LogP contribution < -0.4 is 10.0 Å². The molecule has 0 radical (unpaired) electrons. The first-order chi connectivity index (χ1) is 14.9. The molecule has 172 valence electrons. The average Bonchev–Trinajstić information content (AvgIpc) is 2.75. The van der Waals surface area contributed by atoms with Gasteiger partial charge < -0.3 is 5.32 Å². The molecule has 2 N–H and O–H groups in total. The molecular weight excluding hydrogens is 451 g/mol. The van der Waals surface area contributed by atoms with Crippen molar-refractivity contribution in [3.63, 3.8) is 0 Å². The predicted octanol–water partition coefficient (Wildman–Crippen LogP) is 4.04. The number of nitrogens with zero attached hydrogens (tertiary/aromatic N) is 1. The molecule has 12 heteroatoms. The highest BCUT2D eigenvalue weighted by atomic mass is 32.2. The van der Waals surface area contributed by atoms with Crippen molar-refractivity contribution in [2.24, 2.45) is 0 Å². The number of sulfonamides is 1. The van der Waals surface area contributed by atoms with Crippen molar-refractivity contribution in [1.29, 1.82) is 0 Å². The minimum atomic E-state index is -4.43. The summed E-state index contributed by atoms with van der Waals surface area (Å²) in [5.74, 6) is -3.84. The van der Waals surface area contributed by atoms with Gasteiger partial charge in [0, 0.05) is 31.0 Å². The smallest absolute Gasteiger partial charge is 0.293 e.